The number of nitrogens with two attached hydrogens (primary N) is 1. The van der Waals surface area contributed by atoms with Gasteiger partial charge in [-0.2, -0.15) is 0 Å². The van der Waals surface area contributed by atoms with Gasteiger partial charge in [-0.3, -0.25) is 4.79 Å². The Morgan fingerprint density at radius 1 is 1.35 bits per heavy atom. The van der Waals surface area contributed by atoms with Crippen molar-refractivity contribution in [3.63, 3.8) is 0 Å². The van der Waals surface area contributed by atoms with Crippen molar-refractivity contribution in [2.75, 3.05) is 13.2 Å². The summed E-state index contributed by atoms with van der Waals surface area (Å²) in [6, 6.07) is 0.213. The molecule has 0 aromatic carbocycles. The minimum Gasteiger partial charge on any atom is -0.373 e. The molecule has 3 N–H and O–H groups in total. The van der Waals surface area contributed by atoms with Crippen molar-refractivity contribution in [1.82, 2.24) is 5.32 Å². The lowest BCUT2D eigenvalue weighted by Gasteiger charge is -2.46. The highest BCUT2D eigenvalue weighted by atomic mass is 16.5. The van der Waals surface area contributed by atoms with E-state index in [9.17, 15) is 4.79 Å². The van der Waals surface area contributed by atoms with Gasteiger partial charge in [-0.05, 0) is 43.9 Å². The fourth-order valence-corrected chi connectivity index (χ4v) is 3.69. The first kappa shape index (κ1) is 15.8. The maximum absolute atomic E-state index is 12.6. The second-order valence-electron chi connectivity index (χ2n) is 7.52. The van der Waals surface area contributed by atoms with Crippen molar-refractivity contribution >= 4 is 5.91 Å². The zero-order chi connectivity index (χ0) is 15.0. The number of hydrogen-bond acceptors (Lipinski definition) is 3. The minimum atomic E-state index is -0.170. The molecule has 0 aromatic rings. The van der Waals surface area contributed by atoms with Crippen molar-refractivity contribution in [3.8, 4) is 0 Å². The minimum absolute atomic E-state index is 0.0425. The zero-order valence-corrected chi connectivity index (χ0v) is 13.4. The first-order valence-corrected chi connectivity index (χ1v) is 7.93. The first-order valence-electron chi connectivity index (χ1n) is 7.93. The zero-order valence-electron chi connectivity index (χ0n) is 13.4. The summed E-state index contributed by atoms with van der Waals surface area (Å²) in [6.07, 6.45) is 3.95. The van der Waals surface area contributed by atoms with E-state index in [1.54, 1.807) is 0 Å². The van der Waals surface area contributed by atoms with Crippen LogP contribution in [0.25, 0.3) is 0 Å². The van der Waals surface area contributed by atoms with Crippen LogP contribution in [0, 0.1) is 17.3 Å². The van der Waals surface area contributed by atoms with Crippen molar-refractivity contribution in [1.29, 1.82) is 0 Å². The molecule has 1 saturated heterocycles. The maximum atomic E-state index is 12.6. The van der Waals surface area contributed by atoms with Gasteiger partial charge < -0.3 is 15.8 Å². The SMILES string of the molecule is CC1C(N)CCC(C(=O)NCC2(C)CCCO2)C1(C)C. The van der Waals surface area contributed by atoms with Gasteiger partial charge in [0.05, 0.1) is 5.60 Å². The summed E-state index contributed by atoms with van der Waals surface area (Å²) in [4.78, 5) is 12.6. The molecule has 4 heteroatoms. The highest BCUT2D eigenvalue weighted by Gasteiger charge is 2.45. The lowest BCUT2D eigenvalue weighted by atomic mass is 9.61. The Morgan fingerprint density at radius 2 is 2.05 bits per heavy atom. The van der Waals surface area contributed by atoms with Crippen LogP contribution >= 0.6 is 0 Å². The second-order valence-corrected chi connectivity index (χ2v) is 7.52. The van der Waals surface area contributed by atoms with E-state index in [4.69, 9.17) is 10.5 Å². The molecule has 0 bridgehead atoms. The number of nitrogens with one attached hydrogen (secondary N) is 1. The molecule has 2 rings (SSSR count). The average molecular weight is 282 g/mol. The van der Waals surface area contributed by atoms with E-state index in [1.807, 2.05) is 0 Å². The standard InChI is InChI=1S/C16H30N2O2/c1-11-13(17)7-6-12(15(11,2)3)14(19)18-10-16(4)8-5-9-20-16/h11-13H,5-10,17H2,1-4H3,(H,18,19). The summed E-state index contributed by atoms with van der Waals surface area (Å²) in [5, 5.41) is 3.12. The number of ether oxygens (including phenoxy) is 1. The Bertz CT molecular complexity index is 361. The van der Waals surface area contributed by atoms with Gasteiger partial charge in [0.2, 0.25) is 5.91 Å². The van der Waals surface area contributed by atoms with E-state index in [1.165, 1.54) is 0 Å². The van der Waals surface area contributed by atoms with Crippen molar-refractivity contribution in [2.24, 2.45) is 23.0 Å². The predicted octanol–water partition coefficient (Wildman–Crippen LogP) is 2.07. The molecule has 0 spiro atoms. The summed E-state index contributed by atoms with van der Waals surface area (Å²) in [6.45, 7) is 10.0. The summed E-state index contributed by atoms with van der Waals surface area (Å²) in [5.41, 5.74) is 5.95. The van der Waals surface area contributed by atoms with Gasteiger partial charge in [0, 0.05) is 25.1 Å². The largest absolute Gasteiger partial charge is 0.373 e. The van der Waals surface area contributed by atoms with Gasteiger partial charge >= 0.3 is 0 Å². The molecule has 1 heterocycles. The summed E-state index contributed by atoms with van der Waals surface area (Å²) in [5.74, 6) is 0.595. The molecular formula is C16H30N2O2. The fourth-order valence-electron chi connectivity index (χ4n) is 3.69. The summed E-state index contributed by atoms with van der Waals surface area (Å²) in [7, 11) is 0. The van der Waals surface area contributed by atoms with E-state index in [0.29, 0.717) is 12.5 Å². The van der Waals surface area contributed by atoms with Gasteiger partial charge in [-0.25, -0.2) is 0 Å². The molecule has 4 unspecified atom stereocenters. The Labute approximate surface area is 122 Å². The molecule has 1 aliphatic carbocycles. The van der Waals surface area contributed by atoms with E-state index in [0.717, 1.165) is 32.3 Å². The van der Waals surface area contributed by atoms with Crippen molar-refractivity contribution in [3.05, 3.63) is 0 Å². The van der Waals surface area contributed by atoms with Gasteiger partial charge in [0.1, 0.15) is 0 Å². The van der Waals surface area contributed by atoms with Crippen LogP contribution in [0.3, 0.4) is 0 Å². The van der Waals surface area contributed by atoms with Crippen molar-refractivity contribution < 1.29 is 9.53 Å². The lowest BCUT2D eigenvalue weighted by Crippen LogP contribution is -2.53. The third-order valence-corrected chi connectivity index (χ3v) is 5.76. The van der Waals surface area contributed by atoms with Gasteiger partial charge in [0.15, 0.2) is 0 Å². The van der Waals surface area contributed by atoms with Gasteiger partial charge in [-0.1, -0.05) is 20.8 Å². The number of carbonyl (C=O) groups excluding carboxylic acids is 1. The number of amides is 1. The van der Waals surface area contributed by atoms with E-state index >= 15 is 0 Å². The molecule has 2 fully saturated rings. The van der Waals surface area contributed by atoms with Crippen molar-refractivity contribution in [2.45, 2.75) is 65.0 Å². The molecule has 4 atom stereocenters. The molecule has 2 aliphatic rings. The van der Waals surface area contributed by atoms with Crippen LogP contribution in [0.5, 0.6) is 0 Å². The highest BCUT2D eigenvalue weighted by molar-refractivity contribution is 5.79. The third-order valence-electron chi connectivity index (χ3n) is 5.76. The first-order chi connectivity index (χ1) is 9.26. The third kappa shape index (κ3) is 3.01. The maximum Gasteiger partial charge on any atom is 0.223 e. The fraction of sp³-hybridized carbons (Fsp3) is 0.938. The van der Waals surface area contributed by atoms with Gasteiger partial charge in [-0.15, -0.1) is 0 Å². The normalized spacial score (nSPS) is 40.5. The molecule has 0 aromatic heterocycles. The topological polar surface area (TPSA) is 64.4 Å². The van der Waals surface area contributed by atoms with Crippen LogP contribution in [0.2, 0.25) is 0 Å². The predicted molar refractivity (Wildman–Crippen MR) is 80.2 cm³/mol. The number of hydrogen-bond donors (Lipinski definition) is 2. The molecule has 20 heavy (non-hydrogen) atoms. The lowest BCUT2D eigenvalue weighted by molar-refractivity contribution is -0.133. The van der Waals surface area contributed by atoms with E-state index in [2.05, 4.69) is 33.0 Å². The molecule has 1 saturated carbocycles. The van der Waals surface area contributed by atoms with E-state index < -0.39 is 0 Å². The van der Waals surface area contributed by atoms with Crippen LogP contribution in [-0.2, 0) is 9.53 Å². The van der Waals surface area contributed by atoms with Crippen LogP contribution in [0.1, 0.15) is 53.4 Å². The van der Waals surface area contributed by atoms with Crippen LogP contribution in [0.4, 0.5) is 0 Å². The second kappa shape index (κ2) is 5.64. The summed E-state index contributed by atoms with van der Waals surface area (Å²) < 4.78 is 5.73. The Balaban J connectivity index is 1.95. The van der Waals surface area contributed by atoms with Crippen LogP contribution in [0.15, 0.2) is 0 Å². The molecule has 1 amide bonds. The summed E-state index contributed by atoms with van der Waals surface area (Å²) >= 11 is 0. The van der Waals surface area contributed by atoms with Crippen LogP contribution in [-0.4, -0.2) is 30.7 Å². The Kier molecular flexibility index (Phi) is 4.45. The Hall–Kier alpha value is -0.610. The molecule has 1 aliphatic heterocycles. The monoisotopic (exact) mass is 282 g/mol. The molecule has 0 radical (unpaired) electrons. The number of carbonyl (C=O) groups is 1. The Morgan fingerprint density at radius 3 is 2.65 bits per heavy atom. The highest BCUT2D eigenvalue weighted by Crippen LogP contribution is 2.44. The molecular weight excluding hydrogens is 252 g/mol. The quantitative estimate of drug-likeness (QED) is 0.833. The molecule has 4 nitrogen and oxygen atoms in total. The number of rotatable bonds is 3. The van der Waals surface area contributed by atoms with Crippen LogP contribution < -0.4 is 11.1 Å². The molecule has 116 valence electrons. The van der Waals surface area contributed by atoms with E-state index in [-0.39, 0.29) is 28.9 Å². The van der Waals surface area contributed by atoms with Gasteiger partial charge in [0.25, 0.3) is 0 Å². The average Bonchev–Trinajstić information content (AvgIpc) is 2.81. The smallest absolute Gasteiger partial charge is 0.223 e.